The first-order valence-electron chi connectivity index (χ1n) is 7.56. The van der Waals surface area contributed by atoms with Crippen molar-refractivity contribution in [2.75, 3.05) is 25.5 Å². The Kier molecular flexibility index (Phi) is 3.92. The molecule has 0 spiro atoms. The third-order valence-corrected chi connectivity index (χ3v) is 4.34. The molecule has 0 bridgehead atoms. The molecule has 0 radical (unpaired) electrons. The van der Waals surface area contributed by atoms with Gasteiger partial charge >= 0.3 is 0 Å². The quantitative estimate of drug-likeness (QED) is 0.860. The highest BCUT2D eigenvalue weighted by atomic mass is 16.2. The van der Waals surface area contributed by atoms with Crippen LogP contribution in [0.25, 0.3) is 0 Å². The van der Waals surface area contributed by atoms with Crippen molar-refractivity contribution in [2.45, 2.75) is 37.8 Å². The first-order chi connectivity index (χ1) is 9.72. The van der Waals surface area contributed by atoms with E-state index in [2.05, 4.69) is 40.8 Å². The fraction of sp³-hybridized carbons (Fsp3) is 0.562. The number of carbonyl (C=O) groups is 1. The molecular formula is C16H23N3O. The minimum absolute atomic E-state index is 0.0860. The first-order valence-corrected chi connectivity index (χ1v) is 7.56. The van der Waals surface area contributed by atoms with Gasteiger partial charge in [-0.3, -0.25) is 4.79 Å². The van der Waals surface area contributed by atoms with Gasteiger partial charge in [0.25, 0.3) is 0 Å². The molecule has 1 aromatic carbocycles. The number of aryl methyl sites for hydroxylation is 1. The van der Waals surface area contributed by atoms with Crippen LogP contribution in [-0.2, 0) is 11.2 Å². The summed E-state index contributed by atoms with van der Waals surface area (Å²) in [6.07, 6.45) is 4.12. The smallest absolute Gasteiger partial charge is 0.242 e. The number of nitrogens with zero attached hydrogens (tertiary/aromatic N) is 1. The molecule has 2 N–H and O–H groups in total. The van der Waals surface area contributed by atoms with E-state index in [4.69, 9.17) is 0 Å². The lowest BCUT2D eigenvalue weighted by molar-refractivity contribution is -0.123. The van der Waals surface area contributed by atoms with Crippen LogP contribution in [0, 0.1) is 0 Å². The molecule has 1 fully saturated rings. The third-order valence-electron chi connectivity index (χ3n) is 4.34. The zero-order valence-corrected chi connectivity index (χ0v) is 12.1. The van der Waals surface area contributed by atoms with Crippen LogP contribution in [0.5, 0.6) is 0 Å². The summed E-state index contributed by atoms with van der Waals surface area (Å²) in [7, 11) is 2.12. The number of amides is 1. The number of hydrogen-bond donors (Lipinski definition) is 2. The van der Waals surface area contributed by atoms with Crippen LogP contribution in [0.2, 0.25) is 0 Å². The minimum atomic E-state index is -0.0860. The van der Waals surface area contributed by atoms with Gasteiger partial charge in [-0.2, -0.15) is 0 Å². The van der Waals surface area contributed by atoms with Gasteiger partial charge in [0.05, 0.1) is 0 Å². The van der Waals surface area contributed by atoms with E-state index in [1.165, 1.54) is 12.0 Å². The van der Waals surface area contributed by atoms with Gasteiger partial charge in [0.2, 0.25) is 5.91 Å². The number of anilines is 1. The molecule has 2 aliphatic heterocycles. The van der Waals surface area contributed by atoms with Crippen LogP contribution in [-0.4, -0.2) is 43.0 Å². The zero-order valence-electron chi connectivity index (χ0n) is 12.1. The number of likely N-dealkylation sites (N-methyl/N-ethyl adjacent to an activating group) is 1. The van der Waals surface area contributed by atoms with Gasteiger partial charge < -0.3 is 15.5 Å². The van der Waals surface area contributed by atoms with E-state index in [-0.39, 0.29) is 11.9 Å². The van der Waals surface area contributed by atoms with E-state index in [9.17, 15) is 4.79 Å². The molecule has 4 nitrogen and oxygen atoms in total. The molecule has 2 unspecified atom stereocenters. The Morgan fingerprint density at radius 1 is 1.35 bits per heavy atom. The molecule has 2 atom stereocenters. The monoisotopic (exact) mass is 273 g/mol. The average Bonchev–Trinajstić information content (AvgIpc) is 2.47. The van der Waals surface area contributed by atoms with E-state index >= 15 is 0 Å². The summed E-state index contributed by atoms with van der Waals surface area (Å²) < 4.78 is 0. The summed E-state index contributed by atoms with van der Waals surface area (Å²) >= 11 is 0. The van der Waals surface area contributed by atoms with Crippen LogP contribution in [0.3, 0.4) is 0 Å². The number of hydrogen-bond acceptors (Lipinski definition) is 3. The highest BCUT2D eigenvalue weighted by Crippen LogP contribution is 2.24. The maximum atomic E-state index is 12.4. The molecule has 20 heavy (non-hydrogen) atoms. The number of benzene rings is 1. The summed E-state index contributed by atoms with van der Waals surface area (Å²) in [5.41, 5.74) is 2.42. The summed E-state index contributed by atoms with van der Waals surface area (Å²) in [4.78, 5) is 14.7. The van der Waals surface area contributed by atoms with E-state index in [1.54, 1.807) is 0 Å². The maximum Gasteiger partial charge on any atom is 0.242 e. The minimum Gasteiger partial charge on any atom is -0.373 e. The maximum absolute atomic E-state index is 12.4. The Morgan fingerprint density at radius 3 is 3.05 bits per heavy atom. The number of piperidine rings is 1. The molecule has 1 amide bonds. The van der Waals surface area contributed by atoms with E-state index < -0.39 is 0 Å². The standard InChI is InChI=1S/C16H23N3O/c1-19-10-4-6-13(11-19)17-16(20)15-9-8-12-5-2-3-7-14(12)18-15/h2-3,5,7,13,15,18H,4,6,8-11H2,1H3,(H,17,20). The first kappa shape index (κ1) is 13.4. The normalized spacial score (nSPS) is 26.4. The summed E-state index contributed by atoms with van der Waals surface area (Å²) in [5, 5.41) is 6.58. The van der Waals surface area contributed by atoms with Crippen molar-refractivity contribution in [1.82, 2.24) is 10.2 Å². The van der Waals surface area contributed by atoms with Gasteiger partial charge in [-0.05, 0) is 50.9 Å². The largest absolute Gasteiger partial charge is 0.373 e. The topological polar surface area (TPSA) is 44.4 Å². The zero-order chi connectivity index (χ0) is 13.9. The van der Waals surface area contributed by atoms with Gasteiger partial charge in [-0.15, -0.1) is 0 Å². The highest BCUT2D eigenvalue weighted by Gasteiger charge is 2.26. The number of likely N-dealkylation sites (tertiary alicyclic amines) is 1. The van der Waals surface area contributed by atoms with Crippen molar-refractivity contribution in [3.05, 3.63) is 29.8 Å². The Hall–Kier alpha value is -1.55. The molecule has 0 saturated carbocycles. The third kappa shape index (κ3) is 2.96. The Labute approximate surface area is 120 Å². The lowest BCUT2D eigenvalue weighted by Crippen LogP contribution is -2.51. The summed E-state index contributed by atoms with van der Waals surface area (Å²) in [6, 6.07) is 8.48. The van der Waals surface area contributed by atoms with E-state index in [1.807, 2.05) is 6.07 Å². The molecule has 0 aliphatic carbocycles. The van der Waals surface area contributed by atoms with Crippen LogP contribution < -0.4 is 10.6 Å². The molecule has 4 heteroatoms. The molecule has 1 saturated heterocycles. The van der Waals surface area contributed by atoms with Crippen molar-refractivity contribution >= 4 is 11.6 Å². The second kappa shape index (κ2) is 5.83. The van der Waals surface area contributed by atoms with Gasteiger partial charge in [-0.1, -0.05) is 18.2 Å². The van der Waals surface area contributed by atoms with Crippen LogP contribution in [0.4, 0.5) is 5.69 Å². The fourth-order valence-electron chi connectivity index (χ4n) is 3.22. The predicted molar refractivity (Wildman–Crippen MR) is 80.8 cm³/mol. The van der Waals surface area contributed by atoms with E-state index in [0.29, 0.717) is 6.04 Å². The Bertz CT molecular complexity index is 488. The number of para-hydroxylation sites is 1. The molecule has 0 aromatic heterocycles. The molecule has 3 rings (SSSR count). The van der Waals surface area contributed by atoms with Crippen LogP contribution >= 0.6 is 0 Å². The van der Waals surface area contributed by atoms with Crippen molar-refractivity contribution < 1.29 is 4.79 Å². The molecule has 108 valence electrons. The molecular weight excluding hydrogens is 250 g/mol. The molecule has 2 heterocycles. The number of nitrogens with one attached hydrogen (secondary N) is 2. The highest BCUT2D eigenvalue weighted by molar-refractivity contribution is 5.85. The van der Waals surface area contributed by atoms with Gasteiger partial charge in [0.1, 0.15) is 6.04 Å². The van der Waals surface area contributed by atoms with Crippen molar-refractivity contribution in [3.63, 3.8) is 0 Å². The fourth-order valence-corrected chi connectivity index (χ4v) is 3.22. The second-order valence-electron chi connectivity index (χ2n) is 6.00. The van der Waals surface area contributed by atoms with Gasteiger partial charge in [-0.25, -0.2) is 0 Å². The average molecular weight is 273 g/mol. The second-order valence-corrected chi connectivity index (χ2v) is 6.00. The number of fused-ring (bicyclic) bond motifs is 1. The van der Waals surface area contributed by atoms with Crippen molar-refractivity contribution in [1.29, 1.82) is 0 Å². The van der Waals surface area contributed by atoms with Gasteiger partial charge in [0.15, 0.2) is 0 Å². The van der Waals surface area contributed by atoms with E-state index in [0.717, 1.165) is 38.0 Å². The van der Waals surface area contributed by atoms with Crippen molar-refractivity contribution in [2.24, 2.45) is 0 Å². The van der Waals surface area contributed by atoms with Crippen molar-refractivity contribution in [3.8, 4) is 0 Å². The predicted octanol–water partition coefficient (Wildman–Crippen LogP) is 1.62. The molecule has 2 aliphatic rings. The number of rotatable bonds is 2. The Morgan fingerprint density at radius 2 is 2.20 bits per heavy atom. The lowest BCUT2D eigenvalue weighted by Gasteiger charge is -2.32. The lowest BCUT2D eigenvalue weighted by atomic mass is 9.97. The number of carbonyl (C=O) groups excluding carboxylic acids is 1. The SMILES string of the molecule is CN1CCCC(NC(=O)C2CCc3ccccc3N2)C1. The summed E-state index contributed by atoms with van der Waals surface area (Å²) in [5.74, 6) is 0.153. The van der Waals surface area contributed by atoms with Crippen LogP contribution in [0.15, 0.2) is 24.3 Å². The van der Waals surface area contributed by atoms with Gasteiger partial charge in [0, 0.05) is 18.3 Å². The molecule has 1 aromatic rings. The van der Waals surface area contributed by atoms with Crippen LogP contribution in [0.1, 0.15) is 24.8 Å². The summed E-state index contributed by atoms with van der Waals surface area (Å²) in [6.45, 7) is 2.11. The Balaban J connectivity index is 1.59.